The van der Waals surface area contributed by atoms with Gasteiger partial charge in [-0.3, -0.25) is 19.5 Å². The first-order valence-corrected chi connectivity index (χ1v) is 9.47. The summed E-state index contributed by atoms with van der Waals surface area (Å²) in [5, 5.41) is 13.8. The van der Waals surface area contributed by atoms with Gasteiger partial charge in [0.25, 0.3) is 5.69 Å². The van der Waals surface area contributed by atoms with Gasteiger partial charge in [-0.25, -0.2) is 4.79 Å². The molecule has 0 spiro atoms. The van der Waals surface area contributed by atoms with Crippen LogP contribution in [0.15, 0.2) is 56.1 Å². The highest BCUT2D eigenvalue weighted by Crippen LogP contribution is 2.20. The van der Waals surface area contributed by atoms with Crippen molar-refractivity contribution in [3.63, 3.8) is 0 Å². The van der Waals surface area contributed by atoms with Crippen molar-refractivity contribution < 1.29 is 14.1 Å². The van der Waals surface area contributed by atoms with Crippen molar-refractivity contribution in [2.45, 2.75) is 32.4 Å². The second-order valence-corrected chi connectivity index (χ2v) is 7.29. The molecule has 0 fully saturated rings. The van der Waals surface area contributed by atoms with E-state index >= 15 is 0 Å². The van der Waals surface area contributed by atoms with Gasteiger partial charge in [-0.15, -0.1) is 0 Å². The number of nitrogens with zero attached hydrogens (tertiary/aromatic N) is 2. The number of benzene rings is 2. The quantitative estimate of drug-likeness (QED) is 0.436. The minimum Gasteiger partial charge on any atom is -0.407 e. The van der Waals surface area contributed by atoms with Crippen molar-refractivity contribution in [1.29, 1.82) is 0 Å². The Labute approximate surface area is 168 Å². The number of nitro groups is 1. The minimum atomic E-state index is -0.598. The number of oxazole rings is 1. The topological polar surface area (TPSA) is 107 Å². The van der Waals surface area contributed by atoms with Gasteiger partial charge in [-0.2, -0.15) is 0 Å². The van der Waals surface area contributed by atoms with E-state index in [9.17, 15) is 19.7 Å². The highest BCUT2D eigenvalue weighted by molar-refractivity contribution is 9.10. The van der Waals surface area contributed by atoms with Crippen LogP contribution >= 0.6 is 15.9 Å². The van der Waals surface area contributed by atoms with Crippen LogP contribution in [0.5, 0.6) is 0 Å². The predicted octanol–water partition coefficient (Wildman–Crippen LogP) is 3.92. The van der Waals surface area contributed by atoms with Crippen LogP contribution in [0.25, 0.3) is 11.1 Å². The molecule has 1 N–H and O–H groups in total. The van der Waals surface area contributed by atoms with E-state index in [1.54, 1.807) is 0 Å². The van der Waals surface area contributed by atoms with Gasteiger partial charge in [0.15, 0.2) is 5.58 Å². The van der Waals surface area contributed by atoms with Crippen LogP contribution in [0.2, 0.25) is 0 Å². The molecule has 2 aromatic carbocycles. The van der Waals surface area contributed by atoms with Crippen molar-refractivity contribution in [2.24, 2.45) is 0 Å². The molecular weight excluding hydrogens is 430 g/mol. The third-order valence-electron chi connectivity index (χ3n) is 4.40. The zero-order valence-electron chi connectivity index (χ0n) is 15.1. The molecule has 0 aliphatic carbocycles. The molecule has 0 saturated carbocycles. The summed E-state index contributed by atoms with van der Waals surface area (Å²) in [6, 6.07) is 11.6. The van der Waals surface area contributed by atoms with E-state index in [1.807, 2.05) is 31.2 Å². The van der Waals surface area contributed by atoms with E-state index in [-0.39, 0.29) is 36.2 Å². The van der Waals surface area contributed by atoms with E-state index < -0.39 is 10.7 Å². The monoisotopic (exact) mass is 447 g/mol. The fraction of sp³-hybridized carbons (Fsp3) is 0.263. The van der Waals surface area contributed by atoms with Crippen molar-refractivity contribution >= 4 is 38.6 Å². The Morgan fingerprint density at radius 2 is 2.00 bits per heavy atom. The second kappa shape index (κ2) is 8.39. The van der Waals surface area contributed by atoms with Crippen molar-refractivity contribution in [2.75, 3.05) is 0 Å². The van der Waals surface area contributed by atoms with Crippen molar-refractivity contribution in [3.8, 4) is 0 Å². The van der Waals surface area contributed by atoms with Crippen LogP contribution in [-0.2, 0) is 11.3 Å². The number of non-ortho nitro benzene ring substituents is 1. The average Bonchev–Trinajstić information content (AvgIpc) is 2.96. The lowest BCUT2D eigenvalue weighted by Gasteiger charge is -2.14. The number of hydrogen-bond acceptors (Lipinski definition) is 5. The Balaban J connectivity index is 1.59. The Kier molecular flexibility index (Phi) is 5.93. The van der Waals surface area contributed by atoms with Crippen LogP contribution in [0.4, 0.5) is 5.69 Å². The number of rotatable bonds is 7. The van der Waals surface area contributed by atoms with Gasteiger partial charge in [0.05, 0.1) is 22.5 Å². The largest absolute Gasteiger partial charge is 0.419 e. The van der Waals surface area contributed by atoms with E-state index in [0.717, 1.165) is 10.0 Å². The first kappa shape index (κ1) is 19.8. The second-order valence-electron chi connectivity index (χ2n) is 6.37. The lowest BCUT2D eigenvalue weighted by molar-refractivity contribution is -0.384. The van der Waals surface area contributed by atoms with Gasteiger partial charge < -0.3 is 9.73 Å². The van der Waals surface area contributed by atoms with E-state index in [4.69, 9.17) is 4.42 Å². The van der Waals surface area contributed by atoms with Crippen LogP contribution < -0.4 is 11.1 Å². The molecule has 0 aliphatic heterocycles. The Bertz CT molecular complexity index is 1070. The predicted molar refractivity (Wildman–Crippen MR) is 107 cm³/mol. The third kappa shape index (κ3) is 4.48. The number of nitrogens with one attached hydrogen (secondary N) is 1. The standard InChI is InChI=1S/C19H18BrN3O5/c1-12(13-4-6-14(20)7-5-13)21-18(24)3-2-10-22-16-9-8-15(23(26)27)11-17(16)28-19(22)25/h4-9,11-12H,2-3,10H2,1H3,(H,21,24). The summed E-state index contributed by atoms with van der Waals surface area (Å²) in [6.07, 6.45) is 0.678. The fourth-order valence-electron chi connectivity index (χ4n) is 2.93. The van der Waals surface area contributed by atoms with E-state index in [0.29, 0.717) is 11.9 Å². The zero-order chi connectivity index (χ0) is 20.3. The summed E-state index contributed by atoms with van der Waals surface area (Å²) in [7, 11) is 0. The molecule has 3 aromatic rings. The normalized spacial score (nSPS) is 12.1. The van der Waals surface area contributed by atoms with Crippen LogP contribution in [0.1, 0.15) is 31.4 Å². The number of carbonyl (C=O) groups is 1. The average molecular weight is 448 g/mol. The number of aromatic nitrogens is 1. The van der Waals surface area contributed by atoms with Crippen molar-refractivity contribution in [1.82, 2.24) is 9.88 Å². The molecule has 0 bridgehead atoms. The summed E-state index contributed by atoms with van der Waals surface area (Å²) in [4.78, 5) is 34.5. The molecule has 9 heteroatoms. The molecular formula is C19H18BrN3O5. The molecule has 0 radical (unpaired) electrons. The smallest absolute Gasteiger partial charge is 0.407 e. The number of nitro benzene ring substituents is 1. The molecule has 1 heterocycles. The first-order valence-electron chi connectivity index (χ1n) is 8.68. The molecule has 0 aliphatic rings. The van der Waals surface area contributed by atoms with Crippen LogP contribution in [0, 0.1) is 10.1 Å². The Morgan fingerprint density at radius 1 is 1.29 bits per heavy atom. The van der Waals surface area contributed by atoms with Crippen LogP contribution in [-0.4, -0.2) is 15.4 Å². The Morgan fingerprint density at radius 3 is 2.68 bits per heavy atom. The summed E-state index contributed by atoms with van der Waals surface area (Å²) in [6.45, 7) is 2.19. The third-order valence-corrected chi connectivity index (χ3v) is 4.92. The molecule has 8 nitrogen and oxygen atoms in total. The van der Waals surface area contributed by atoms with Gasteiger partial charge >= 0.3 is 5.76 Å². The summed E-state index contributed by atoms with van der Waals surface area (Å²) >= 11 is 3.38. The fourth-order valence-corrected chi connectivity index (χ4v) is 3.19. The minimum absolute atomic E-state index is 0.119. The molecule has 1 aromatic heterocycles. The number of amides is 1. The number of aryl methyl sites for hydroxylation is 1. The zero-order valence-corrected chi connectivity index (χ0v) is 16.6. The maximum atomic E-state index is 12.2. The van der Waals surface area contributed by atoms with Gasteiger partial charge in [-0.1, -0.05) is 28.1 Å². The summed E-state index contributed by atoms with van der Waals surface area (Å²) < 4.78 is 7.43. The molecule has 1 unspecified atom stereocenters. The van der Waals surface area contributed by atoms with Gasteiger partial charge in [0, 0.05) is 23.5 Å². The molecule has 0 saturated heterocycles. The molecule has 3 rings (SSSR count). The lowest BCUT2D eigenvalue weighted by Crippen LogP contribution is -2.27. The molecule has 1 amide bonds. The number of halogens is 1. The highest BCUT2D eigenvalue weighted by Gasteiger charge is 2.15. The highest BCUT2D eigenvalue weighted by atomic mass is 79.9. The Hall–Kier alpha value is -2.94. The van der Waals surface area contributed by atoms with Gasteiger partial charge in [0.2, 0.25) is 5.91 Å². The number of hydrogen-bond donors (Lipinski definition) is 1. The number of fused-ring (bicyclic) bond motifs is 1. The SMILES string of the molecule is CC(NC(=O)CCCn1c(=O)oc2cc([N+](=O)[O-])ccc21)c1ccc(Br)cc1. The molecule has 146 valence electrons. The van der Waals surface area contributed by atoms with E-state index in [2.05, 4.69) is 21.2 Å². The van der Waals surface area contributed by atoms with Crippen molar-refractivity contribution in [3.05, 3.63) is 73.2 Å². The summed E-state index contributed by atoms with van der Waals surface area (Å²) in [5.74, 6) is -0.717. The lowest BCUT2D eigenvalue weighted by atomic mass is 10.1. The molecule has 1 atom stereocenters. The first-order chi connectivity index (χ1) is 13.3. The molecule has 28 heavy (non-hydrogen) atoms. The summed E-state index contributed by atoms with van der Waals surface area (Å²) in [5.41, 5.74) is 1.48. The maximum Gasteiger partial charge on any atom is 0.419 e. The van der Waals surface area contributed by atoms with Crippen LogP contribution in [0.3, 0.4) is 0 Å². The van der Waals surface area contributed by atoms with E-state index in [1.165, 1.54) is 22.8 Å². The van der Waals surface area contributed by atoms with Gasteiger partial charge in [-0.05, 0) is 37.1 Å². The van der Waals surface area contributed by atoms with Gasteiger partial charge in [0.1, 0.15) is 0 Å². The maximum absolute atomic E-state index is 12.2. The number of carbonyl (C=O) groups excluding carboxylic acids is 1.